The monoisotopic (exact) mass is 343 g/mol. The average Bonchev–Trinajstić information content (AvgIpc) is 3.17. The van der Waals surface area contributed by atoms with Crippen LogP contribution in [0.3, 0.4) is 0 Å². The minimum atomic E-state index is -0.460. The van der Waals surface area contributed by atoms with E-state index in [-0.39, 0.29) is 5.91 Å². The number of carbonyl (C=O) groups excluding carboxylic acids is 1. The van der Waals surface area contributed by atoms with Gasteiger partial charge in [0, 0.05) is 19.5 Å². The van der Waals surface area contributed by atoms with E-state index < -0.39 is 5.54 Å². The summed E-state index contributed by atoms with van der Waals surface area (Å²) in [5.74, 6) is 1.58. The highest BCUT2D eigenvalue weighted by atomic mass is 16.5. The van der Waals surface area contributed by atoms with E-state index in [0.29, 0.717) is 6.42 Å². The quantitative estimate of drug-likeness (QED) is 0.834. The molecule has 134 valence electrons. The normalized spacial score (nSPS) is 16.4. The zero-order chi connectivity index (χ0) is 17.9. The van der Waals surface area contributed by atoms with Gasteiger partial charge >= 0.3 is 0 Å². The van der Waals surface area contributed by atoms with E-state index in [1.54, 1.807) is 11.8 Å². The number of amides is 1. The minimum Gasteiger partial charge on any atom is -0.497 e. The van der Waals surface area contributed by atoms with Crippen LogP contribution in [0.5, 0.6) is 5.75 Å². The topological polar surface area (TPSA) is 73.1 Å². The molecule has 0 N–H and O–H groups in total. The lowest BCUT2D eigenvalue weighted by atomic mass is 9.79. The van der Waals surface area contributed by atoms with E-state index in [0.717, 1.165) is 42.9 Å². The van der Waals surface area contributed by atoms with Crippen molar-refractivity contribution in [2.45, 2.75) is 51.0 Å². The first-order valence-corrected chi connectivity index (χ1v) is 8.82. The highest BCUT2D eigenvalue weighted by Crippen LogP contribution is 2.41. The zero-order valence-corrected chi connectivity index (χ0v) is 15.1. The number of methoxy groups -OCH3 is 1. The predicted molar refractivity (Wildman–Crippen MR) is 93.5 cm³/mol. The number of carbonyl (C=O) groups is 1. The van der Waals surface area contributed by atoms with Crippen LogP contribution in [0.15, 0.2) is 24.3 Å². The van der Waals surface area contributed by atoms with Gasteiger partial charge < -0.3 is 9.64 Å². The van der Waals surface area contributed by atoms with Gasteiger partial charge in [0.1, 0.15) is 11.3 Å². The van der Waals surface area contributed by atoms with Crippen LogP contribution < -0.4 is 4.74 Å². The molecule has 0 unspecified atom stereocenters. The van der Waals surface area contributed by atoms with Crippen molar-refractivity contribution in [3.8, 4) is 11.4 Å². The van der Waals surface area contributed by atoms with E-state index in [1.807, 2.05) is 43.1 Å². The molecule has 0 spiro atoms. The summed E-state index contributed by atoms with van der Waals surface area (Å²) in [6, 6.07) is 7.64. The highest BCUT2D eigenvalue weighted by molar-refractivity contribution is 5.76. The Balaban J connectivity index is 2.09. The molecule has 25 heavy (non-hydrogen) atoms. The average molecular weight is 343 g/mol. The molecule has 1 aliphatic carbocycles. The van der Waals surface area contributed by atoms with E-state index in [2.05, 4.69) is 15.5 Å². The van der Waals surface area contributed by atoms with Crippen molar-refractivity contribution < 1.29 is 9.53 Å². The van der Waals surface area contributed by atoms with Crippen LogP contribution >= 0.6 is 0 Å². The van der Waals surface area contributed by atoms with Crippen molar-refractivity contribution in [1.29, 1.82) is 0 Å². The fraction of sp³-hybridized carbons (Fsp3) is 0.556. The summed E-state index contributed by atoms with van der Waals surface area (Å²) in [6.45, 7) is 1.89. The fourth-order valence-electron chi connectivity index (χ4n) is 3.71. The number of ether oxygens (including phenoxy) is 1. The molecule has 0 atom stereocenters. The van der Waals surface area contributed by atoms with Gasteiger partial charge in [-0.25, -0.2) is 0 Å². The third-order valence-corrected chi connectivity index (χ3v) is 5.18. The molecule has 1 aromatic heterocycles. The summed E-state index contributed by atoms with van der Waals surface area (Å²) in [6.07, 6.45) is 5.52. The Hall–Kier alpha value is -2.44. The fourth-order valence-corrected chi connectivity index (χ4v) is 3.71. The van der Waals surface area contributed by atoms with Gasteiger partial charge in [-0.2, -0.15) is 4.68 Å². The SMILES string of the molecule is CCC(=O)N(C)C1(c2nnnn2-c2cccc(OC)c2)CCCCC1. The molecule has 1 saturated carbocycles. The van der Waals surface area contributed by atoms with Gasteiger partial charge in [0.05, 0.1) is 12.8 Å². The zero-order valence-electron chi connectivity index (χ0n) is 15.1. The van der Waals surface area contributed by atoms with Gasteiger partial charge in [-0.05, 0) is 35.4 Å². The molecule has 7 nitrogen and oxygen atoms in total. The maximum absolute atomic E-state index is 12.5. The van der Waals surface area contributed by atoms with E-state index in [9.17, 15) is 4.79 Å². The molecule has 0 saturated heterocycles. The summed E-state index contributed by atoms with van der Waals surface area (Å²) in [5, 5.41) is 12.5. The molecule has 1 heterocycles. The lowest BCUT2D eigenvalue weighted by Gasteiger charge is -2.43. The maximum Gasteiger partial charge on any atom is 0.222 e. The standard InChI is InChI=1S/C18H25N5O2/c1-4-16(24)22(2)18(11-6-5-7-12-18)17-19-20-21-23(17)14-9-8-10-15(13-14)25-3/h8-10,13H,4-7,11-12H2,1-3H3. The highest BCUT2D eigenvalue weighted by Gasteiger charge is 2.44. The molecular formula is C18H25N5O2. The van der Waals surface area contributed by atoms with E-state index >= 15 is 0 Å². The molecule has 0 aliphatic heterocycles. The molecule has 7 heteroatoms. The Morgan fingerprint density at radius 3 is 2.76 bits per heavy atom. The summed E-state index contributed by atoms with van der Waals surface area (Å²) in [4.78, 5) is 14.3. The van der Waals surface area contributed by atoms with Gasteiger partial charge in [-0.15, -0.1) is 5.10 Å². The first-order valence-electron chi connectivity index (χ1n) is 8.82. The Bertz CT molecular complexity index is 737. The largest absolute Gasteiger partial charge is 0.497 e. The molecule has 2 aromatic rings. The van der Waals surface area contributed by atoms with Crippen molar-refractivity contribution in [3.05, 3.63) is 30.1 Å². The number of nitrogens with zero attached hydrogens (tertiary/aromatic N) is 5. The summed E-state index contributed by atoms with van der Waals surface area (Å²) >= 11 is 0. The Kier molecular flexibility index (Phi) is 5.01. The Morgan fingerprint density at radius 2 is 2.08 bits per heavy atom. The minimum absolute atomic E-state index is 0.113. The lowest BCUT2D eigenvalue weighted by molar-refractivity contribution is -0.137. The first kappa shape index (κ1) is 17.4. The Labute approximate surface area is 148 Å². The lowest BCUT2D eigenvalue weighted by Crippen LogP contribution is -2.49. The van der Waals surface area contributed by atoms with Crippen molar-refractivity contribution in [1.82, 2.24) is 25.1 Å². The molecule has 3 rings (SSSR count). The van der Waals surface area contributed by atoms with Gasteiger partial charge in [0.2, 0.25) is 5.91 Å². The number of hydrogen-bond acceptors (Lipinski definition) is 5. The molecule has 1 amide bonds. The first-order chi connectivity index (χ1) is 12.1. The third-order valence-electron chi connectivity index (χ3n) is 5.18. The van der Waals surface area contributed by atoms with Crippen molar-refractivity contribution in [2.75, 3.05) is 14.2 Å². The van der Waals surface area contributed by atoms with Crippen LogP contribution in [-0.2, 0) is 10.3 Å². The van der Waals surface area contributed by atoms with Gasteiger partial charge in [0.25, 0.3) is 0 Å². The van der Waals surface area contributed by atoms with Crippen molar-refractivity contribution in [3.63, 3.8) is 0 Å². The maximum atomic E-state index is 12.5. The van der Waals surface area contributed by atoms with Crippen LogP contribution in [0.2, 0.25) is 0 Å². The van der Waals surface area contributed by atoms with Crippen LogP contribution in [0, 0.1) is 0 Å². The van der Waals surface area contributed by atoms with Crippen LogP contribution in [0.25, 0.3) is 5.69 Å². The smallest absolute Gasteiger partial charge is 0.222 e. The van der Waals surface area contributed by atoms with E-state index in [1.165, 1.54) is 6.42 Å². The van der Waals surface area contributed by atoms with Crippen LogP contribution in [0.1, 0.15) is 51.3 Å². The van der Waals surface area contributed by atoms with Crippen molar-refractivity contribution in [2.24, 2.45) is 0 Å². The molecule has 1 aliphatic rings. The second kappa shape index (κ2) is 7.21. The predicted octanol–water partition coefficient (Wildman–Crippen LogP) is 2.70. The second-order valence-electron chi connectivity index (χ2n) is 6.51. The van der Waals surface area contributed by atoms with Gasteiger partial charge in [-0.1, -0.05) is 32.3 Å². The summed E-state index contributed by atoms with van der Waals surface area (Å²) in [7, 11) is 3.51. The number of rotatable bonds is 5. The van der Waals surface area contributed by atoms with Crippen molar-refractivity contribution >= 4 is 5.91 Å². The summed E-state index contributed by atoms with van der Waals surface area (Å²) in [5.41, 5.74) is 0.374. The molecule has 0 radical (unpaired) electrons. The van der Waals surface area contributed by atoms with Gasteiger partial charge in [0.15, 0.2) is 5.82 Å². The second-order valence-corrected chi connectivity index (χ2v) is 6.51. The number of benzene rings is 1. The summed E-state index contributed by atoms with van der Waals surface area (Å²) < 4.78 is 7.06. The molecule has 1 aromatic carbocycles. The Morgan fingerprint density at radius 1 is 1.32 bits per heavy atom. The molecular weight excluding hydrogens is 318 g/mol. The number of aromatic nitrogens is 4. The van der Waals surface area contributed by atoms with Gasteiger partial charge in [-0.3, -0.25) is 4.79 Å². The van der Waals surface area contributed by atoms with Crippen LogP contribution in [0.4, 0.5) is 0 Å². The van der Waals surface area contributed by atoms with E-state index in [4.69, 9.17) is 4.74 Å². The number of hydrogen-bond donors (Lipinski definition) is 0. The number of tetrazole rings is 1. The third kappa shape index (κ3) is 3.10. The van der Waals surface area contributed by atoms with Crippen LogP contribution in [-0.4, -0.2) is 45.2 Å². The molecule has 0 bridgehead atoms. The molecule has 1 fully saturated rings.